The van der Waals surface area contributed by atoms with Crippen molar-refractivity contribution in [1.82, 2.24) is 14.9 Å². The van der Waals surface area contributed by atoms with Gasteiger partial charge in [0.05, 0.1) is 6.10 Å². The van der Waals surface area contributed by atoms with Gasteiger partial charge < -0.3 is 10.0 Å². The second kappa shape index (κ2) is 10.2. The largest absolute Gasteiger partial charge is 0.392 e. The van der Waals surface area contributed by atoms with E-state index in [4.69, 9.17) is 9.97 Å². The van der Waals surface area contributed by atoms with Gasteiger partial charge in [-0.25, -0.2) is 9.97 Å². The molecule has 1 atom stereocenters. The summed E-state index contributed by atoms with van der Waals surface area (Å²) in [6.45, 7) is 10.7. The Morgan fingerprint density at radius 1 is 0.938 bits per heavy atom. The summed E-state index contributed by atoms with van der Waals surface area (Å²) in [5, 5.41) is 10.0. The first-order chi connectivity index (χ1) is 15.5. The summed E-state index contributed by atoms with van der Waals surface area (Å²) in [5.41, 5.74) is 5.85. The summed E-state index contributed by atoms with van der Waals surface area (Å²) in [4.78, 5) is 14.8. The summed E-state index contributed by atoms with van der Waals surface area (Å²) >= 11 is 0. The van der Waals surface area contributed by atoms with E-state index in [1.807, 2.05) is 25.1 Å². The molecule has 3 aromatic rings. The van der Waals surface area contributed by atoms with Gasteiger partial charge in [0.25, 0.3) is 0 Å². The highest BCUT2D eigenvalue weighted by atomic mass is 16.3. The van der Waals surface area contributed by atoms with Gasteiger partial charge in [0.1, 0.15) is 5.82 Å². The number of aliphatic hydroxyl groups excluding tert-OH is 1. The highest BCUT2D eigenvalue weighted by molar-refractivity contribution is 5.61. The first-order valence-corrected chi connectivity index (χ1v) is 11.7. The molecule has 5 heteroatoms. The Kier molecular flexibility index (Phi) is 7.18. The topological polar surface area (TPSA) is 52.5 Å². The highest BCUT2D eigenvalue weighted by Gasteiger charge is 2.24. The fourth-order valence-corrected chi connectivity index (χ4v) is 4.36. The van der Waals surface area contributed by atoms with Crippen LogP contribution in [-0.2, 0) is 6.42 Å². The number of β-amino-alcohol motifs (C(OH)–C–C–N with tert-alkyl or cyclic N) is 1. The maximum atomic E-state index is 10.0. The molecule has 32 heavy (non-hydrogen) atoms. The Balaban J connectivity index is 1.65. The average Bonchev–Trinajstić information content (AvgIpc) is 2.81. The Labute approximate surface area is 191 Å². The molecule has 5 nitrogen and oxygen atoms in total. The van der Waals surface area contributed by atoms with E-state index in [2.05, 4.69) is 60.0 Å². The van der Waals surface area contributed by atoms with Crippen LogP contribution in [-0.4, -0.2) is 58.8 Å². The number of hydrogen-bond donors (Lipinski definition) is 1. The SMILES string of the molecule is CC[C@H](O)CN1CCN(c2nc(-c3ccccc3)nc(C)c2Cc2cccc(C)c2)CC1. The molecule has 2 aromatic carbocycles. The predicted octanol–water partition coefficient (Wildman–Crippen LogP) is 4.24. The van der Waals surface area contributed by atoms with Crippen LogP contribution < -0.4 is 4.90 Å². The van der Waals surface area contributed by atoms with Crippen LogP contribution in [0.4, 0.5) is 5.82 Å². The predicted molar refractivity (Wildman–Crippen MR) is 131 cm³/mol. The number of aromatic nitrogens is 2. The second-order valence-corrected chi connectivity index (χ2v) is 8.82. The van der Waals surface area contributed by atoms with Crippen molar-refractivity contribution in [2.45, 2.75) is 39.7 Å². The minimum atomic E-state index is -0.246. The van der Waals surface area contributed by atoms with Crippen molar-refractivity contribution >= 4 is 5.82 Å². The smallest absolute Gasteiger partial charge is 0.161 e. The van der Waals surface area contributed by atoms with Crippen LogP contribution in [0.25, 0.3) is 11.4 Å². The van der Waals surface area contributed by atoms with E-state index in [9.17, 15) is 5.11 Å². The first-order valence-electron chi connectivity index (χ1n) is 11.7. The molecular weight excluding hydrogens is 396 g/mol. The zero-order chi connectivity index (χ0) is 22.5. The molecular formula is C27H34N4O. The molecule has 0 amide bonds. The van der Waals surface area contributed by atoms with Crippen molar-refractivity contribution in [3.05, 3.63) is 77.0 Å². The molecule has 1 N–H and O–H groups in total. The van der Waals surface area contributed by atoms with Gasteiger partial charge in [0.15, 0.2) is 5.82 Å². The van der Waals surface area contributed by atoms with Gasteiger partial charge in [-0.15, -0.1) is 0 Å². The fourth-order valence-electron chi connectivity index (χ4n) is 4.36. The Morgan fingerprint density at radius 2 is 1.69 bits per heavy atom. The number of anilines is 1. The summed E-state index contributed by atoms with van der Waals surface area (Å²) < 4.78 is 0. The molecule has 4 rings (SSSR count). The van der Waals surface area contributed by atoms with Crippen molar-refractivity contribution in [1.29, 1.82) is 0 Å². The van der Waals surface area contributed by atoms with Crippen molar-refractivity contribution in [2.24, 2.45) is 0 Å². The normalized spacial score (nSPS) is 15.7. The summed E-state index contributed by atoms with van der Waals surface area (Å²) in [6, 6.07) is 18.9. The maximum Gasteiger partial charge on any atom is 0.161 e. The standard InChI is InChI=1S/C27H34N4O/c1-4-24(32)19-30-13-15-31(16-14-30)27-25(18-22-10-8-9-20(2)17-22)21(3)28-26(29-27)23-11-6-5-7-12-23/h5-12,17,24,32H,4,13-16,18-19H2,1-3H3/t24-/m0/s1. The fraction of sp³-hybridized carbons (Fsp3) is 0.407. The number of benzene rings is 2. The molecule has 1 fully saturated rings. The summed E-state index contributed by atoms with van der Waals surface area (Å²) in [6.07, 6.45) is 1.38. The van der Waals surface area contributed by atoms with E-state index in [1.165, 1.54) is 16.7 Å². The molecule has 1 aliphatic rings. The lowest BCUT2D eigenvalue weighted by Crippen LogP contribution is -2.49. The quantitative estimate of drug-likeness (QED) is 0.607. The lowest BCUT2D eigenvalue weighted by molar-refractivity contribution is 0.106. The van der Waals surface area contributed by atoms with Crippen LogP contribution >= 0.6 is 0 Å². The zero-order valence-corrected chi connectivity index (χ0v) is 19.5. The molecule has 0 unspecified atom stereocenters. The van der Waals surface area contributed by atoms with Crippen LogP contribution in [0.3, 0.4) is 0 Å². The molecule has 1 saturated heterocycles. The van der Waals surface area contributed by atoms with Crippen LogP contribution in [0, 0.1) is 13.8 Å². The molecule has 0 spiro atoms. The maximum absolute atomic E-state index is 10.0. The Bertz CT molecular complexity index is 1030. The van der Waals surface area contributed by atoms with E-state index in [1.54, 1.807) is 0 Å². The Hall–Kier alpha value is -2.76. The monoisotopic (exact) mass is 430 g/mol. The number of nitrogens with zero attached hydrogens (tertiary/aromatic N) is 4. The van der Waals surface area contributed by atoms with Gasteiger partial charge in [-0.2, -0.15) is 0 Å². The molecule has 0 radical (unpaired) electrons. The summed E-state index contributed by atoms with van der Waals surface area (Å²) in [7, 11) is 0. The van der Waals surface area contributed by atoms with Gasteiger partial charge in [-0.1, -0.05) is 67.1 Å². The molecule has 168 valence electrons. The van der Waals surface area contributed by atoms with Crippen molar-refractivity contribution in [2.75, 3.05) is 37.6 Å². The van der Waals surface area contributed by atoms with E-state index in [-0.39, 0.29) is 6.10 Å². The lowest BCUT2D eigenvalue weighted by atomic mass is 10.0. The average molecular weight is 431 g/mol. The minimum Gasteiger partial charge on any atom is -0.392 e. The van der Waals surface area contributed by atoms with Crippen LogP contribution in [0.1, 0.15) is 35.7 Å². The summed E-state index contributed by atoms with van der Waals surface area (Å²) in [5.74, 6) is 1.84. The van der Waals surface area contributed by atoms with E-state index >= 15 is 0 Å². The number of hydrogen-bond acceptors (Lipinski definition) is 5. The van der Waals surface area contributed by atoms with Gasteiger partial charge in [-0.3, -0.25) is 4.90 Å². The number of aryl methyl sites for hydroxylation is 2. The van der Waals surface area contributed by atoms with Crippen LogP contribution in [0.15, 0.2) is 54.6 Å². The zero-order valence-electron chi connectivity index (χ0n) is 19.5. The van der Waals surface area contributed by atoms with Gasteiger partial charge in [0, 0.05) is 56.0 Å². The third kappa shape index (κ3) is 5.34. The van der Waals surface area contributed by atoms with Crippen molar-refractivity contribution < 1.29 is 5.11 Å². The molecule has 0 aliphatic carbocycles. The van der Waals surface area contributed by atoms with Gasteiger partial charge in [-0.05, 0) is 25.8 Å². The van der Waals surface area contributed by atoms with Crippen LogP contribution in [0.2, 0.25) is 0 Å². The van der Waals surface area contributed by atoms with Crippen LogP contribution in [0.5, 0.6) is 0 Å². The number of aliphatic hydroxyl groups is 1. The lowest BCUT2D eigenvalue weighted by Gasteiger charge is -2.37. The third-order valence-corrected chi connectivity index (χ3v) is 6.30. The van der Waals surface area contributed by atoms with E-state index in [0.29, 0.717) is 0 Å². The molecule has 0 bridgehead atoms. The minimum absolute atomic E-state index is 0.246. The Morgan fingerprint density at radius 3 is 2.38 bits per heavy atom. The second-order valence-electron chi connectivity index (χ2n) is 8.82. The van der Waals surface area contributed by atoms with E-state index in [0.717, 1.165) is 68.5 Å². The van der Waals surface area contributed by atoms with Gasteiger partial charge >= 0.3 is 0 Å². The molecule has 1 aliphatic heterocycles. The first kappa shape index (κ1) is 22.4. The highest BCUT2D eigenvalue weighted by Crippen LogP contribution is 2.28. The van der Waals surface area contributed by atoms with Crippen molar-refractivity contribution in [3.8, 4) is 11.4 Å². The third-order valence-electron chi connectivity index (χ3n) is 6.30. The molecule has 0 saturated carbocycles. The van der Waals surface area contributed by atoms with Crippen molar-refractivity contribution in [3.63, 3.8) is 0 Å². The molecule has 1 aromatic heterocycles. The van der Waals surface area contributed by atoms with E-state index < -0.39 is 0 Å². The number of piperazine rings is 1. The van der Waals surface area contributed by atoms with Gasteiger partial charge in [0.2, 0.25) is 0 Å². The molecule has 2 heterocycles. The number of rotatable bonds is 7.